The average Bonchev–Trinajstić information content (AvgIpc) is 2.76. The van der Waals surface area contributed by atoms with Crippen LogP contribution in [-0.2, 0) is 20.7 Å². The number of hydrogen-bond donors (Lipinski definition) is 2. The Kier molecular flexibility index (Phi) is 7.00. The first-order valence-electron chi connectivity index (χ1n) is 6.64. The largest absolute Gasteiger partial charge is 0.466 e. The minimum Gasteiger partial charge on any atom is -0.466 e. The van der Waals surface area contributed by atoms with E-state index in [1.807, 2.05) is 19.2 Å². The predicted molar refractivity (Wildman–Crippen MR) is 78.8 cm³/mol. The van der Waals surface area contributed by atoms with Gasteiger partial charge in [-0.2, -0.15) is 0 Å². The van der Waals surface area contributed by atoms with Crippen LogP contribution in [0.4, 0.5) is 5.13 Å². The Hall–Kier alpha value is -1.63. The number of ether oxygens (including phenoxy) is 1. The summed E-state index contributed by atoms with van der Waals surface area (Å²) in [5.74, 6) is -0.267. The number of esters is 1. The van der Waals surface area contributed by atoms with Gasteiger partial charge in [0.05, 0.1) is 18.7 Å². The van der Waals surface area contributed by atoms with Gasteiger partial charge in [0.15, 0.2) is 5.13 Å². The third-order valence-electron chi connectivity index (χ3n) is 2.26. The van der Waals surface area contributed by atoms with Crippen LogP contribution in [0.25, 0.3) is 0 Å². The van der Waals surface area contributed by atoms with E-state index >= 15 is 0 Å². The van der Waals surface area contributed by atoms with Crippen molar-refractivity contribution in [3.63, 3.8) is 0 Å². The number of amides is 1. The zero-order chi connectivity index (χ0) is 15.0. The van der Waals surface area contributed by atoms with Crippen molar-refractivity contribution in [3.8, 4) is 0 Å². The number of aromatic nitrogens is 1. The van der Waals surface area contributed by atoms with Crippen LogP contribution < -0.4 is 10.6 Å². The molecular formula is C13H21N3O3S. The average molecular weight is 299 g/mol. The lowest BCUT2D eigenvalue weighted by molar-refractivity contribution is -0.142. The van der Waals surface area contributed by atoms with Crippen molar-refractivity contribution in [1.82, 2.24) is 10.3 Å². The molecule has 6 nitrogen and oxygen atoms in total. The second-order valence-corrected chi connectivity index (χ2v) is 5.38. The Morgan fingerprint density at radius 1 is 1.45 bits per heavy atom. The van der Waals surface area contributed by atoms with Crippen LogP contribution in [0.5, 0.6) is 0 Å². The number of rotatable bonds is 8. The van der Waals surface area contributed by atoms with Gasteiger partial charge in [0.1, 0.15) is 0 Å². The van der Waals surface area contributed by atoms with E-state index < -0.39 is 0 Å². The molecular weight excluding hydrogens is 278 g/mol. The van der Waals surface area contributed by atoms with Gasteiger partial charge in [-0.25, -0.2) is 4.98 Å². The van der Waals surface area contributed by atoms with E-state index in [1.54, 1.807) is 6.92 Å². The molecule has 0 unspecified atom stereocenters. The summed E-state index contributed by atoms with van der Waals surface area (Å²) in [6.45, 7) is 6.51. The molecule has 0 fully saturated rings. The summed E-state index contributed by atoms with van der Waals surface area (Å²) in [5.41, 5.74) is 0.683. The van der Waals surface area contributed by atoms with E-state index in [1.165, 1.54) is 11.3 Å². The molecule has 1 amide bonds. The fourth-order valence-corrected chi connectivity index (χ4v) is 2.25. The number of thiazole rings is 1. The molecule has 0 saturated heterocycles. The number of nitrogens with one attached hydrogen (secondary N) is 2. The first-order chi connectivity index (χ1) is 9.51. The molecule has 2 N–H and O–H groups in total. The molecule has 0 aliphatic heterocycles. The standard InChI is InChI=1S/C13H21N3O3S/c1-4-19-12(18)7-10-8-20-13(16-10)14-6-5-11(17)15-9(2)3/h8-9H,4-7H2,1-3H3,(H,14,16)(H,15,17). The van der Waals surface area contributed by atoms with Crippen LogP contribution >= 0.6 is 11.3 Å². The zero-order valence-corrected chi connectivity index (χ0v) is 12.9. The maximum absolute atomic E-state index is 11.4. The maximum Gasteiger partial charge on any atom is 0.311 e. The molecule has 7 heteroatoms. The number of carbonyl (C=O) groups excluding carboxylic acids is 2. The summed E-state index contributed by atoms with van der Waals surface area (Å²) >= 11 is 1.41. The van der Waals surface area contributed by atoms with Crippen molar-refractivity contribution in [2.45, 2.75) is 39.7 Å². The molecule has 0 aliphatic carbocycles. The molecule has 0 saturated carbocycles. The second-order valence-electron chi connectivity index (χ2n) is 4.52. The summed E-state index contributed by atoms with van der Waals surface area (Å²) in [5, 5.41) is 8.41. The van der Waals surface area contributed by atoms with Crippen molar-refractivity contribution in [2.24, 2.45) is 0 Å². The molecule has 1 aromatic rings. The summed E-state index contributed by atoms with van der Waals surface area (Å²) in [6.07, 6.45) is 0.574. The fourth-order valence-electron chi connectivity index (χ4n) is 1.51. The van der Waals surface area contributed by atoms with Gasteiger partial charge >= 0.3 is 5.97 Å². The molecule has 20 heavy (non-hydrogen) atoms. The van der Waals surface area contributed by atoms with Crippen molar-refractivity contribution in [3.05, 3.63) is 11.1 Å². The van der Waals surface area contributed by atoms with E-state index in [0.717, 1.165) is 0 Å². The predicted octanol–water partition coefficient (Wildman–Crippen LogP) is 1.58. The highest BCUT2D eigenvalue weighted by molar-refractivity contribution is 7.13. The SMILES string of the molecule is CCOC(=O)Cc1csc(NCCC(=O)NC(C)C)n1. The van der Waals surface area contributed by atoms with Crippen molar-refractivity contribution in [2.75, 3.05) is 18.5 Å². The number of nitrogens with zero attached hydrogens (tertiary/aromatic N) is 1. The highest BCUT2D eigenvalue weighted by Gasteiger charge is 2.08. The lowest BCUT2D eigenvalue weighted by atomic mass is 10.3. The van der Waals surface area contributed by atoms with Crippen LogP contribution in [0.1, 0.15) is 32.9 Å². The zero-order valence-electron chi connectivity index (χ0n) is 12.1. The number of hydrogen-bond acceptors (Lipinski definition) is 6. The molecule has 112 valence electrons. The van der Waals surface area contributed by atoms with E-state index in [4.69, 9.17) is 4.74 Å². The molecule has 0 aromatic carbocycles. The second kappa shape index (κ2) is 8.52. The highest BCUT2D eigenvalue weighted by atomic mass is 32.1. The first-order valence-corrected chi connectivity index (χ1v) is 7.52. The van der Waals surface area contributed by atoms with Crippen molar-refractivity contribution in [1.29, 1.82) is 0 Å². The van der Waals surface area contributed by atoms with E-state index in [-0.39, 0.29) is 24.3 Å². The van der Waals surface area contributed by atoms with Gasteiger partial charge in [0, 0.05) is 24.4 Å². The van der Waals surface area contributed by atoms with Crippen LogP contribution in [0, 0.1) is 0 Å². The Balaban J connectivity index is 2.30. The van der Waals surface area contributed by atoms with Gasteiger partial charge in [-0.1, -0.05) is 0 Å². The monoisotopic (exact) mass is 299 g/mol. The maximum atomic E-state index is 11.4. The quantitative estimate of drug-likeness (QED) is 0.712. The van der Waals surface area contributed by atoms with E-state index in [2.05, 4.69) is 15.6 Å². The fraction of sp³-hybridized carbons (Fsp3) is 0.615. The smallest absolute Gasteiger partial charge is 0.311 e. The summed E-state index contributed by atoms with van der Waals surface area (Å²) in [4.78, 5) is 27.0. The summed E-state index contributed by atoms with van der Waals surface area (Å²) in [7, 11) is 0. The van der Waals surface area contributed by atoms with Gasteiger partial charge < -0.3 is 15.4 Å². The van der Waals surface area contributed by atoms with Gasteiger partial charge in [-0.05, 0) is 20.8 Å². The molecule has 0 spiro atoms. The molecule has 0 atom stereocenters. The lowest BCUT2D eigenvalue weighted by Crippen LogP contribution is -2.31. The minimum absolute atomic E-state index is 0.0100. The lowest BCUT2D eigenvalue weighted by Gasteiger charge is -2.08. The van der Waals surface area contributed by atoms with Gasteiger partial charge in [-0.3, -0.25) is 9.59 Å². The first kappa shape index (κ1) is 16.4. The Labute approximate surface area is 122 Å². The molecule has 0 bridgehead atoms. The topological polar surface area (TPSA) is 80.3 Å². The van der Waals surface area contributed by atoms with Gasteiger partial charge in [0.2, 0.25) is 5.91 Å². The number of anilines is 1. The van der Waals surface area contributed by atoms with E-state index in [9.17, 15) is 9.59 Å². The van der Waals surface area contributed by atoms with Crippen molar-refractivity contribution >= 4 is 28.3 Å². The molecule has 1 aromatic heterocycles. The number of carbonyl (C=O) groups is 2. The highest BCUT2D eigenvalue weighted by Crippen LogP contribution is 2.15. The van der Waals surface area contributed by atoms with Gasteiger partial charge in [-0.15, -0.1) is 11.3 Å². The summed E-state index contributed by atoms with van der Waals surface area (Å²) < 4.78 is 4.86. The third kappa shape index (κ3) is 6.51. The van der Waals surface area contributed by atoms with Crippen LogP contribution in [0.3, 0.4) is 0 Å². The molecule has 1 heterocycles. The van der Waals surface area contributed by atoms with Crippen molar-refractivity contribution < 1.29 is 14.3 Å². The van der Waals surface area contributed by atoms with Crippen LogP contribution in [0.15, 0.2) is 5.38 Å². The molecule has 0 aliphatic rings. The Morgan fingerprint density at radius 3 is 2.85 bits per heavy atom. The third-order valence-corrected chi connectivity index (χ3v) is 3.11. The molecule has 1 rings (SSSR count). The van der Waals surface area contributed by atoms with Crippen LogP contribution in [0.2, 0.25) is 0 Å². The Bertz CT molecular complexity index is 446. The van der Waals surface area contributed by atoms with Crippen LogP contribution in [-0.4, -0.2) is 36.1 Å². The van der Waals surface area contributed by atoms with Gasteiger partial charge in [0.25, 0.3) is 0 Å². The minimum atomic E-state index is -0.277. The Morgan fingerprint density at radius 2 is 2.20 bits per heavy atom. The molecule has 0 radical (unpaired) electrons. The van der Waals surface area contributed by atoms with E-state index in [0.29, 0.717) is 30.4 Å². The summed E-state index contributed by atoms with van der Waals surface area (Å²) in [6, 6.07) is 0.151. The normalized spacial score (nSPS) is 10.4.